The van der Waals surface area contributed by atoms with Gasteiger partial charge in [-0.2, -0.15) is 13.2 Å². The second-order valence-corrected chi connectivity index (χ2v) is 8.78. The monoisotopic (exact) mass is 481 g/mol. The normalized spacial score (nSPS) is 14.3. The van der Waals surface area contributed by atoms with Gasteiger partial charge in [-0.25, -0.2) is 4.79 Å². The van der Waals surface area contributed by atoms with Crippen molar-refractivity contribution in [1.29, 1.82) is 0 Å². The number of benzene rings is 3. The molecular weight excluding hydrogens is 455 g/mol. The van der Waals surface area contributed by atoms with Crippen LogP contribution < -0.4 is 10.2 Å². The first-order valence-electron chi connectivity index (χ1n) is 11.3. The van der Waals surface area contributed by atoms with Crippen LogP contribution in [-0.4, -0.2) is 29.9 Å². The summed E-state index contributed by atoms with van der Waals surface area (Å²) in [6.45, 7) is 5.86. The number of carbonyl (C=O) groups is 2. The average Bonchev–Trinajstić information content (AvgIpc) is 2.80. The molecule has 0 atom stereocenters. The van der Waals surface area contributed by atoms with Crippen LogP contribution in [0.2, 0.25) is 0 Å². The van der Waals surface area contributed by atoms with E-state index in [1.807, 2.05) is 18.7 Å². The first kappa shape index (κ1) is 24.3. The average molecular weight is 482 g/mol. The molecule has 0 radical (unpaired) electrons. The van der Waals surface area contributed by atoms with Gasteiger partial charge in [0.1, 0.15) is 0 Å². The number of nitrogens with zero attached hydrogens (tertiary/aromatic N) is 2. The van der Waals surface area contributed by atoms with Crippen molar-refractivity contribution in [3.05, 3.63) is 94.5 Å². The summed E-state index contributed by atoms with van der Waals surface area (Å²) in [4.78, 5) is 29.1. The number of urea groups is 1. The Morgan fingerprint density at radius 2 is 1.63 bits per heavy atom. The third kappa shape index (κ3) is 5.82. The molecule has 5 nitrogen and oxygen atoms in total. The number of aryl methyl sites for hydroxylation is 2. The molecule has 0 saturated carbocycles. The molecule has 1 saturated heterocycles. The van der Waals surface area contributed by atoms with Crippen LogP contribution in [0.3, 0.4) is 0 Å². The lowest BCUT2D eigenvalue weighted by Gasteiger charge is -2.36. The maximum atomic E-state index is 13.2. The molecule has 0 aromatic heterocycles. The van der Waals surface area contributed by atoms with Gasteiger partial charge >= 0.3 is 12.2 Å². The first-order chi connectivity index (χ1) is 16.6. The standard InChI is InChI=1S/C27H26F3N3O2/c1-18-13-19(2)15-20(14-18)17-32-11-4-12-33(26(32)35)24-9-7-23(8-10-24)31-25(34)21-5-3-6-22(16-21)27(28,29)30/h3,5-10,13-16H,4,11-12,17H2,1-2H3,(H,31,34). The zero-order chi connectivity index (χ0) is 25.2. The van der Waals surface area contributed by atoms with Gasteiger partial charge in [-0.3, -0.25) is 9.69 Å². The third-order valence-electron chi connectivity index (χ3n) is 5.86. The highest BCUT2D eigenvalue weighted by atomic mass is 19.4. The van der Waals surface area contributed by atoms with Crippen LogP contribution >= 0.6 is 0 Å². The molecule has 0 unspecified atom stereocenters. The Balaban J connectivity index is 1.43. The molecule has 1 aliphatic heterocycles. The maximum Gasteiger partial charge on any atom is 0.416 e. The SMILES string of the molecule is Cc1cc(C)cc(CN2CCCN(c3ccc(NC(=O)c4cccc(C(F)(F)F)c4)cc3)C2=O)c1. The molecular formula is C27H26F3N3O2. The molecule has 1 heterocycles. The molecule has 1 N–H and O–H groups in total. The van der Waals surface area contributed by atoms with Gasteiger partial charge in [-0.1, -0.05) is 35.4 Å². The van der Waals surface area contributed by atoms with E-state index in [9.17, 15) is 22.8 Å². The third-order valence-corrected chi connectivity index (χ3v) is 5.86. The van der Waals surface area contributed by atoms with Crippen LogP contribution in [0.4, 0.5) is 29.3 Å². The molecule has 3 amide bonds. The van der Waals surface area contributed by atoms with Gasteiger partial charge in [0.05, 0.1) is 5.56 Å². The summed E-state index contributed by atoms with van der Waals surface area (Å²) in [5, 5.41) is 2.61. The van der Waals surface area contributed by atoms with Crippen LogP contribution in [-0.2, 0) is 12.7 Å². The van der Waals surface area contributed by atoms with Crippen LogP contribution in [0, 0.1) is 13.8 Å². The van der Waals surface area contributed by atoms with E-state index in [1.54, 1.807) is 29.2 Å². The minimum Gasteiger partial charge on any atom is -0.322 e. The Morgan fingerprint density at radius 3 is 2.29 bits per heavy atom. The van der Waals surface area contributed by atoms with Crippen molar-refractivity contribution >= 4 is 23.3 Å². The number of rotatable bonds is 5. The van der Waals surface area contributed by atoms with Gasteiger partial charge in [-0.05, 0) is 68.3 Å². The number of hydrogen-bond donors (Lipinski definition) is 1. The molecule has 1 aliphatic rings. The van der Waals surface area contributed by atoms with E-state index in [0.29, 0.717) is 31.0 Å². The van der Waals surface area contributed by atoms with E-state index in [-0.39, 0.29) is 11.6 Å². The zero-order valence-electron chi connectivity index (χ0n) is 19.5. The number of halogens is 3. The molecule has 3 aromatic rings. The highest BCUT2D eigenvalue weighted by Crippen LogP contribution is 2.30. The van der Waals surface area contributed by atoms with Crippen molar-refractivity contribution in [1.82, 2.24) is 4.90 Å². The predicted octanol–water partition coefficient (Wildman–Crippen LogP) is 6.41. The lowest BCUT2D eigenvalue weighted by Crippen LogP contribution is -2.49. The number of carbonyl (C=O) groups excluding carboxylic acids is 2. The summed E-state index contributed by atoms with van der Waals surface area (Å²) in [6, 6.07) is 17.2. The Morgan fingerprint density at radius 1 is 0.943 bits per heavy atom. The van der Waals surface area contributed by atoms with E-state index in [4.69, 9.17) is 0 Å². The quantitative estimate of drug-likeness (QED) is 0.458. The molecule has 0 bridgehead atoms. The van der Waals surface area contributed by atoms with Gasteiger partial charge in [0, 0.05) is 36.6 Å². The fourth-order valence-electron chi connectivity index (χ4n) is 4.31. The van der Waals surface area contributed by atoms with Gasteiger partial charge < -0.3 is 10.2 Å². The summed E-state index contributed by atoms with van der Waals surface area (Å²) in [5.74, 6) is -0.641. The van der Waals surface area contributed by atoms with Gasteiger partial charge in [-0.15, -0.1) is 0 Å². The van der Waals surface area contributed by atoms with Gasteiger partial charge in [0.15, 0.2) is 0 Å². The minimum atomic E-state index is -4.52. The van der Waals surface area contributed by atoms with Crippen molar-refractivity contribution in [2.24, 2.45) is 0 Å². The van der Waals surface area contributed by atoms with Crippen molar-refractivity contribution in [3.8, 4) is 0 Å². The highest BCUT2D eigenvalue weighted by Gasteiger charge is 2.31. The number of nitrogens with one attached hydrogen (secondary N) is 1. The van der Waals surface area contributed by atoms with Crippen molar-refractivity contribution < 1.29 is 22.8 Å². The minimum absolute atomic E-state index is 0.0860. The molecule has 8 heteroatoms. The summed E-state index contributed by atoms with van der Waals surface area (Å²) < 4.78 is 38.8. The Labute approximate surface area is 202 Å². The predicted molar refractivity (Wildman–Crippen MR) is 130 cm³/mol. The fraction of sp³-hybridized carbons (Fsp3) is 0.259. The molecule has 4 rings (SSSR count). The molecule has 35 heavy (non-hydrogen) atoms. The molecule has 0 spiro atoms. The Hall–Kier alpha value is -3.81. The largest absolute Gasteiger partial charge is 0.416 e. The Bertz CT molecular complexity index is 1220. The molecule has 1 fully saturated rings. The molecule has 182 valence electrons. The smallest absolute Gasteiger partial charge is 0.322 e. The van der Waals surface area contributed by atoms with Crippen molar-refractivity contribution in [2.45, 2.75) is 33.0 Å². The molecule has 0 aliphatic carbocycles. The fourth-order valence-corrected chi connectivity index (χ4v) is 4.31. The van der Waals surface area contributed by atoms with Crippen LogP contribution in [0.25, 0.3) is 0 Å². The first-order valence-corrected chi connectivity index (χ1v) is 11.3. The zero-order valence-corrected chi connectivity index (χ0v) is 19.5. The van der Waals surface area contributed by atoms with Crippen LogP contribution in [0.5, 0.6) is 0 Å². The van der Waals surface area contributed by atoms with E-state index in [1.165, 1.54) is 12.1 Å². The van der Waals surface area contributed by atoms with Gasteiger partial charge in [0.25, 0.3) is 5.91 Å². The van der Waals surface area contributed by atoms with Gasteiger partial charge in [0.2, 0.25) is 0 Å². The van der Waals surface area contributed by atoms with E-state index < -0.39 is 17.6 Å². The highest BCUT2D eigenvalue weighted by molar-refractivity contribution is 6.04. The van der Waals surface area contributed by atoms with Crippen molar-refractivity contribution in [2.75, 3.05) is 23.3 Å². The summed E-state index contributed by atoms with van der Waals surface area (Å²) >= 11 is 0. The lowest BCUT2D eigenvalue weighted by atomic mass is 10.1. The second kappa shape index (κ2) is 9.82. The number of alkyl halides is 3. The van der Waals surface area contributed by atoms with Crippen LogP contribution in [0.1, 0.15) is 39.0 Å². The molecule has 3 aromatic carbocycles. The van der Waals surface area contributed by atoms with E-state index >= 15 is 0 Å². The van der Waals surface area contributed by atoms with Crippen molar-refractivity contribution in [3.63, 3.8) is 0 Å². The lowest BCUT2D eigenvalue weighted by molar-refractivity contribution is -0.137. The summed E-state index contributed by atoms with van der Waals surface area (Å²) in [5.41, 5.74) is 3.55. The number of hydrogen-bond acceptors (Lipinski definition) is 2. The van der Waals surface area contributed by atoms with Crippen LogP contribution in [0.15, 0.2) is 66.7 Å². The Kier molecular flexibility index (Phi) is 6.82. The summed E-state index contributed by atoms with van der Waals surface area (Å²) in [6.07, 6.45) is -3.70. The second-order valence-electron chi connectivity index (χ2n) is 8.78. The maximum absolute atomic E-state index is 13.2. The summed E-state index contributed by atoms with van der Waals surface area (Å²) in [7, 11) is 0. The number of anilines is 2. The van der Waals surface area contributed by atoms with E-state index in [0.717, 1.165) is 35.2 Å². The number of amides is 3. The topological polar surface area (TPSA) is 52.6 Å². The van der Waals surface area contributed by atoms with E-state index in [2.05, 4.69) is 23.5 Å².